The number of hydrogen-bond acceptors (Lipinski definition) is 5. The van der Waals surface area contributed by atoms with Crippen molar-refractivity contribution in [2.24, 2.45) is 5.92 Å². The summed E-state index contributed by atoms with van der Waals surface area (Å²) in [5.74, 6) is 1.26. The van der Waals surface area contributed by atoms with Gasteiger partial charge in [0.1, 0.15) is 5.69 Å². The molecule has 1 saturated heterocycles. The number of fused-ring (bicyclic) bond motifs is 1. The highest BCUT2D eigenvalue weighted by Crippen LogP contribution is 2.30. The number of furan rings is 1. The quantitative estimate of drug-likeness (QED) is 0.444. The number of nitrogens with zero attached hydrogens (tertiary/aromatic N) is 3. The van der Waals surface area contributed by atoms with Crippen molar-refractivity contribution in [2.45, 2.75) is 32.6 Å². The number of carbonyl (C=O) groups excluding carboxylic acids is 1. The van der Waals surface area contributed by atoms with Gasteiger partial charge < -0.3 is 13.8 Å². The highest BCUT2D eigenvalue weighted by atomic mass is 16.5. The largest absolute Gasteiger partial charge is 0.463 e. The molecule has 0 radical (unpaired) electrons. The lowest BCUT2D eigenvalue weighted by Gasteiger charge is -2.32. The molecule has 3 aromatic heterocycles. The Hall–Kier alpha value is -3.41. The van der Waals surface area contributed by atoms with Crippen LogP contribution in [0, 0.1) is 12.8 Å². The number of hydrogen-bond donors (Lipinski definition) is 0. The number of piperidine rings is 1. The number of aryl methyl sites for hydroxylation is 2. The van der Waals surface area contributed by atoms with Crippen molar-refractivity contribution in [1.82, 2.24) is 15.0 Å². The molecule has 158 valence electrons. The van der Waals surface area contributed by atoms with Crippen molar-refractivity contribution in [1.29, 1.82) is 0 Å². The van der Waals surface area contributed by atoms with E-state index in [2.05, 4.69) is 40.5 Å². The maximum Gasteiger partial charge on any atom is 0.259 e. The van der Waals surface area contributed by atoms with Crippen LogP contribution in [0.25, 0.3) is 22.6 Å². The summed E-state index contributed by atoms with van der Waals surface area (Å²) >= 11 is 0. The van der Waals surface area contributed by atoms with Crippen LogP contribution in [0.3, 0.4) is 0 Å². The Morgan fingerprint density at radius 1 is 1.13 bits per heavy atom. The summed E-state index contributed by atoms with van der Waals surface area (Å²) in [4.78, 5) is 19.9. The lowest BCUT2D eigenvalue weighted by atomic mass is 9.90. The lowest BCUT2D eigenvalue weighted by Crippen LogP contribution is -2.38. The maximum atomic E-state index is 13.5. The molecule has 0 bridgehead atoms. The molecule has 4 heterocycles. The molecule has 0 spiro atoms. The number of carbonyl (C=O) groups is 1. The molecule has 5 rings (SSSR count). The van der Waals surface area contributed by atoms with E-state index in [1.54, 1.807) is 18.4 Å². The van der Waals surface area contributed by atoms with Gasteiger partial charge >= 0.3 is 0 Å². The molecule has 31 heavy (non-hydrogen) atoms. The van der Waals surface area contributed by atoms with Crippen molar-refractivity contribution in [3.63, 3.8) is 0 Å². The summed E-state index contributed by atoms with van der Waals surface area (Å²) in [5.41, 5.74) is 3.59. The molecule has 1 aromatic carbocycles. The number of likely N-dealkylation sites (tertiary alicyclic amines) is 1. The zero-order valence-electron chi connectivity index (χ0n) is 17.6. The van der Waals surface area contributed by atoms with Crippen LogP contribution in [0.2, 0.25) is 0 Å². The molecule has 0 aliphatic carbocycles. The molecule has 1 aliphatic rings. The van der Waals surface area contributed by atoms with Crippen molar-refractivity contribution in [2.75, 3.05) is 13.1 Å². The van der Waals surface area contributed by atoms with E-state index in [0.717, 1.165) is 32.4 Å². The van der Waals surface area contributed by atoms with Gasteiger partial charge in [-0.3, -0.25) is 4.79 Å². The molecule has 0 saturated carbocycles. The lowest BCUT2D eigenvalue weighted by molar-refractivity contribution is 0.0689. The van der Waals surface area contributed by atoms with E-state index in [1.807, 2.05) is 17.9 Å². The second-order valence-electron chi connectivity index (χ2n) is 8.24. The average Bonchev–Trinajstić information content (AvgIpc) is 3.48. The van der Waals surface area contributed by atoms with E-state index < -0.39 is 0 Å². The Kier molecular flexibility index (Phi) is 5.28. The van der Waals surface area contributed by atoms with E-state index in [9.17, 15) is 4.79 Å². The minimum Gasteiger partial charge on any atom is -0.463 e. The summed E-state index contributed by atoms with van der Waals surface area (Å²) in [6.45, 7) is 3.37. The first-order valence-electron chi connectivity index (χ1n) is 10.8. The van der Waals surface area contributed by atoms with Crippen LogP contribution in [-0.2, 0) is 6.42 Å². The summed E-state index contributed by atoms with van der Waals surface area (Å²) in [6, 6.07) is 16.0. The van der Waals surface area contributed by atoms with Gasteiger partial charge in [-0.15, -0.1) is 0 Å². The number of rotatable bonds is 5. The molecular weight excluding hydrogens is 390 g/mol. The zero-order chi connectivity index (χ0) is 21.2. The molecule has 1 fully saturated rings. The van der Waals surface area contributed by atoms with E-state index in [-0.39, 0.29) is 5.91 Å². The highest BCUT2D eigenvalue weighted by Gasteiger charge is 2.27. The average molecular weight is 415 g/mol. The predicted molar refractivity (Wildman–Crippen MR) is 118 cm³/mol. The standard InChI is InChI=1S/C25H25N3O3/c1-17-23-20(16-21(22-8-5-15-30-22)26-24(23)31-27-17)25(29)28-13-11-19(12-14-28)10-9-18-6-3-2-4-7-18/h2-8,15-16,19H,9-14H2,1H3. The minimum absolute atomic E-state index is 0.00742. The third-order valence-corrected chi connectivity index (χ3v) is 6.21. The second-order valence-corrected chi connectivity index (χ2v) is 8.24. The molecule has 0 N–H and O–H groups in total. The van der Waals surface area contributed by atoms with Crippen LogP contribution in [0.1, 0.15) is 40.9 Å². The first-order valence-corrected chi connectivity index (χ1v) is 10.8. The fourth-order valence-electron chi connectivity index (χ4n) is 4.42. The Morgan fingerprint density at radius 2 is 1.94 bits per heavy atom. The van der Waals surface area contributed by atoms with Crippen LogP contribution >= 0.6 is 0 Å². The van der Waals surface area contributed by atoms with Gasteiger partial charge in [-0.2, -0.15) is 0 Å². The SMILES string of the molecule is Cc1noc2nc(-c3ccco3)cc(C(=O)N3CCC(CCc4ccccc4)CC3)c12. The van der Waals surface area contributed by atoms with Crippen LogP contribution in [0.15, 0.2) is 63.7 Å². The smallest absolute Gasteiger partial charge is 0.259 e. The van der Waals surface area contributed by atoms with Gasteiger partial charge in [0, 0.05) is 13.1 Å². The molecule has 6 nitrogen and oxygen atoms in total. The molecule has 0 atom stereocenters. The Balaban J connectivity index is 1.32. The monoisotopic (exact) mass is 415 g/mol. The molecular formula is C25H25N3O3. The molecule has 1 amide bonds. The summed E-state index contributed by atoms with van der Waals surface area (Å²) in [7, 11) is 0. The van der Waals surface area contributed by atoms with E-state index in [1.165, 1.54) is 12.0 Å². The number of amides is 1. The van der Waals surface area contributed by atoms with Crippen molar-refractivity contribution >= 4 is 17.0 Å². The second kappa shape index (κ2) is 8.38. The van der Waals surface area contributed by atoms with Crippen LogP contribution in [-0.4, -0.2) is 34.0 Å². The van der Waals surface area contributed by atoms with Crippen LogP contribution in [0.4, 0.5) is 0 Å². The molecule has 6 heteroatoms. The van der Waals surface area contributed by atoms with Gasteiger partial charge in [0.25, 0.3) is 11.6 Å². The third-order valence-electron chi connectivity index (χ3n) is 6.21. The third kappa shape index (κ3) is 3.98. The topological polar surface area (TPSA) is 72.4 Å². The van der Waals surface area contributed by atoms with Crippen molar-refractivity contribution < 1.29 is 13.7 Å². The van der Waals surface area contributed by atoms with Crippen molar-refractivity contribution in [3.05, 3.63) is 71.6 Å². The molecule has 1 aliphatic heterocycles. The van der Waals surface area contributed by atoms with Gasteiger partial charge in [-0.25, -0.2) is 4.98 Å². The van der Waals surface area contributed by atoms with Crippen molar-refractivity contribution in [3.8, 4) is 11.5 Å². The first kappa shape index (κ1) is 19.5. The Bertz CT molecular complexity index is 1170. The van der Waals surface area contributed by atoms with Gasteiger partial charge in [0.15, 0.2) is 5.76 Å². The summed E-state index contributed by atoms with van der Waals surface area (Å²) in [5, 5.41) is 4.72. The van der Waals surface area contributed by atoms with Gasteiger partial charge in [0.05, 0.1) is 22.9 Å². The van der Waals surface area contributed by atoms with E-state index >= 15 is 0 Å². The Morgan fingerprint density at radius 3 is 2.68 bits per heavy atom. The fourth-order valence-corrected chi connectivity index (χ4v) is 4.42. The van der Waals surface area contributed by atoms with E-state index in [4.69, 9.17) is 8.94 Å². The number of pyridine rings is 1. The number of benzene rings is 1. The number of aromatic nitrogens is 2. The summed E-state index contributed by atoms with van der Waals surface area (Å²) < 4.78 is 10.9. The van der Waals surface area contributed by atoms with Crippen LogP contribution in [0.5, 0.6) is 0 Å². The van der Waals surface area contributed by atoms with Crippen LogP contribution < -0.4 is 0 Å². The first-order chi connectivity index (χ1) is 15.2. The van der Waals surface area contributed by atoms with Gasteiger partial charge in [-0.05, 0) is 62.3 Å². The highest BCUT2D eigenvalue weighted by molar-refractivity contribution is 6.06. The van der Waals surface area contributed by atoms with Gasteiger partial charge in [0.2, 0.25) is 0 Å². The summed E-state index contributed by atoms with van der Waals surface area (Å²) in [6.07, 6.45) is 5.91. The van der Waals surface area contributed by atoms with Gasteiger partial charge in [-0.1, -0.05) is 35.5 Å². The molecule has 4 aromatic rings. The Labute approximate surface area is 180 Å². The normalized spacial score (nSPS) is 14.9. The zero-order valence-corrected chi connectivity index (χ0v) is 17.6. The fraction of sp³-hybridized carbons (Fsp3) is 0.320. The predicted octanol–water partition coefficient (Wildman–Crippen LogP) is 5.28. The minimum atomic E-state index is 0.00742. The van der Waals surface area contributed by atoms with E-state index in [0.29, 0.717) is 39.7 Å². The molecule has 0 unspecified atom stereocenters. The maximum absolute atomic E-state index is 13.5.